The third-order valence-corrected chi connectivity index (χ3v) is 6.71. The van der Waals surface area contributed by atoms with Crippen LogP contribution in [-0.4, -0.2) is 24.8 Å². The van der Waals surface area contributed by atoms with Crippen LogP contribution in [0, 0.1) is 0 Å². The SMILES string of the molecule is CCCCCCCOC1(OCCCCCCC)C(=O)C2=C(CC(C)=C2)C2=C1C=C(C)C2. The molecular formula is C28H42O3. The van der Waals surface area contributed by atoms with Crippen LogP contribution in [0.15, 0.2) is 45.6 Å². The van der Waals surface area contributed by atoms with Gasteiger partial charge >= 0.3 is 0 Å². The van der Waals surface area contributed by atoms with Gasteiger partial charge in [-0.1, -0.05) is 88.5 Å². The van der Waals surface area contributed by atoms with Crippen molar-refractivity contribution >= 4 is 5.78 Å². The molecule has 0 aromatic rings. The molecule has 0 aliphatic heterocycles. The maximum Gasteiger partial charge on any atom is 0.261 e. The van der Waals surface area contributed by atoms with Crippen molar-refractivity contribution in [3.63, 3.8) is 0 Å². The number of Topliss-reactive ketones (excluding diaryl/α,β-unsaturated/α-hetero) is 1. The van der Waals surface area contributed by atoms with Crippen molar-refractivity contribution in [1.29, 1.82) is 0 Å². The van der Waals surface area contributed by atoms with Crippen LogP contribution in [0.3, 0.4) is 0 Å². The summed E-state index contributed by atoms with van der Waals surface area (Å²) in [6, 6.07) is 0. The third-order valence-electron chi connectivity index (χ3n) is 6.71. The van der Waals surface area contributed by atoms with Crippen LogP contribution in [-0.2, 0) is 14.3 Å². The fraction of sp³-hybridized carbons (Fsp3) is 0.679. The Morgan fingerprint density at radius 3 is 1.84 bits per heavy atom. The molecular weight excluding hydrogens is 384 g/mol. The molecule has 3 aliphatic rings. The van der Waals surface area contributed by atoms with Crippen molar-refractivity contribution < 1.29 is 14.3 Å². The predicted molar refractivity (Wildman–Crippen MR) is 128 cm³/mol. The van der Waals surface area contributed by atoms with E-state index in [0.717, 1.165) is 49.7 Å². The summed E-state index contributed by atoms with van der Waals surface area (Å²) in [4.78, 5) is 13.8. The van der Waals surface area contributed by atoms with Crippen LogP contribution < -0.4 is 0 Å². The molecule has 0 heterocycles. The second-order valence-electron chi connectivity index (χ2n) is 9.59. The highest BCUT2D eigenvalue weighted by molar-refractivity contribution is 6.10. The fourth-order valence-corrected chi connectivity index (χ4v) is 5.02. The minimum Gasteiger partial charge on any atom is -0.340 e. The van der Waals surface area contributed by atoms with Gasteiger partial charge in [-0.3, -0.25) is 4.79 Å². The molecule has 0 saturated carbocycles. The van der Waals surface area contributed by atoms with E-state index in [4.69, 9.17) is 9.47 Å². The fourth-order valence-electron chi connectivity index (χ4n) is 5.02. The molecule has 0 radical (unpaired) electrons. The summed E-state index contributed by atoms with van der Waals surface area (Å²) < 4.78 is 12.9. The molecule has 0 saturated heterocycles. The number of allylic oxidation sites excluding steroid dienone is 5. The van der Waals surface area contributed by atoms with E-state index in [1.807, 2.05) is 0 Å². The summed E-state index contributed by atoms with van der Waals surface area (Å²) in [5.41, 5.74) is 6.84. The van der Waals surface area contributed by atoms with Gasteiger partial charge in [-0.2, -0.15) is 0 Å². The Morgan fingerprint density at radius 2 is 1.26 bits per heavy atom. The maximum absolute atomic E-state index is 13.8. The molecule has 3 heteroatoms. The molecule has 3 nitrogen and oxygen atoms in total. The normalized spacial score (nSPS) is 19.7. The standard InChI is InChI=1S/C28H42O3/c1-5-7-9-11-13-15-30-28(31-16-14-12-10-8-6-2)26-20-22(4)18-24(26)23-17-21(3)19-25(23)27(28)29/h19-20H,5-18H2,1-4H3. The summed E-state index contributed by atoms with van der Waals surface area (Å²) in [6.07, 6.45) is 17.7. The number of unbranched alkanes of at least 4 members (excludes halogenated alkanes) is 8. The first-order valence-corrected chi connectivity index (χ1v) is 12.7. The highest BCUT2D eigenvalue weighted by Crippen LogP contribution is 2.49. The summed E-state index contributed by atoms with van der Waals surface area (Å²) in [5, 5.41) is 0. The third kappa shape index (κ3) is 5.49. The van der Waals surface area contributed by atoms with Crippen LogP contribution in [0.25, 0.3) is 0 Å². The minimum atomic E-state index is -1.25. The summed E-state index contributed by atoms with van der Waals surface area (Å²) in [7, 11) is 0. The zero-order valence-corrected chi connectivity index (χ0v) is 20.3. The topological polar surface area (TPSA) is 35.5 Å². The lowest BCUT2D eigenvalue weighted by molar-refractivity contribution is -0.207. The highest BCUT2D eigenvalue weighted by Gasteiger charge is 2.52. The maximum atomic E-state index is 13.8. The zero-order valence-electron chi connectivity index (χ0n) is 20.3. The van der Waals surface area contributed by atoms with Crippen LogP contribution in [0.2, 0.25) is 0 Å². The van der Waals surface area contributed by atoms with Gasteiger partial charge in [0.15, 0.2) is 0 Å². The van der Waals surface area contributed by atoms with Gasteiger partial charge in [-0.25, -0.2) is 0 Å². The molecule has 172 valence electrons. The second kappa shape index (κ2) is 11.4. The predicted octanol–water partition coefficient (Wildman–Crippen LogP) is 7.53. The molecule has 0 spiro atoms. The van der Waals surface area contributed by atoms with Gasteiger partial charge in [0.25, 0.3) is 5.79 Å². The number of rotatable bonds is 14. The molecule has 0 amide bonds. The summed E-state index contributed by atoms with van der Waals surface area (Å²) in [5.74, 6) is -1.23. The van der Waals surface area contributed by atoms with Crippen molar-refractivity contribution in [2.45, 2.75) is 111 Å². The monoisotopic (exact) mass is 426 g/mol. The van der Waals surface area contributed by atoms with Gasteiger partial charge in [-0.05, 0) is 50.7 Å². The molecule has 0 N–H and O–H groups in total. The number of carbonyl (C=O) groups is 1. The molecule has 3 rings (SSSR count). The Kier molecular flexibility index (Phi) is 8.92. The van der Waals surface area contributed by atoms with E-state index in [0.29, 0.717) is 13.2 Å². The summed E-state index contributed by atoms with van der Waals surface area (Å²) >= 11 is 0. The Balaban J connectivity index is 1.78. The largest absolute Gasteiger partial charge is 0.340 e. The smallest absolute Gasteiger partial charge is 0.261 e. The van der Waals surface area contributed by atoms with E-state index < -0.39 is 5.79 Å². The van der Waals surface area contributed by atoms with Crippen LogP contribution >= 0.6 is 0 Å². The Hall–Kier alpha value is -1.45. The Bertz CT molecular complexity index is 762. The van der Waals surface area contributed by atoms with E-state index in [9.17, 15) is 4.79 Å². The van der Waals surface area contributed by atoms with Crippen LogP contribution in [0.4, 0.5) is 0 Å². The van der Waals surface area contributed by atoms with Crippen molar-refractivity contribution in [2.24, 2.45) is 0 Å². The van der Waals surface area contributed by atoms with E-state index in [1.54, 1.807) is 0 Å². The van der Waals surface area contributed by atoms with Gasteiger partial charge in [0.1, 0.15) is 0 Å². The van der Waals surface area contributed by atoms with E-state index in [2.05, 4.69) is 39.8 Å². The lowest BCUT2D eigenvalue weighted by atomic mass is 9.82. The van der Waals surface area contributed by atoms with Gasteiger partial charge in [0, 0.05) is 11.1 Å². The Morgan fingerprint density at radius 1 is 0.742 bits per heavy atom. The van der Waals surface area contributed by atoms with Crippen LogP contribution in [0.1, 0.15) is 105 Å². The Labute approximate surface area is 189 Å². The lowest BCUT2D eigenvalue weighted by Crippen LogP contribution is -2.49. The zero-order chi connectivity index (χ0) is 22.3. The number of hydrogen-bond donors (Lipinski definition) is 0. The number of fused-ring (bicyclic) bond motifs is 1. The average Bonchev–Trinajstić information content (AvgIpc) is 3.33. The number of hydrogen-bond acceptors (Lipinski definition) is 3. The average molecular weight is 427 g/mol. The summed E-state index contributed by atoms with van der Waals surface area (Å²) in [6.45, 7) is 9.86. The molecule has 0 aromatic carbocycles. The van der Waals surface area contributed by atoms with Gasteiger partial charge < -0.3 is 9.47 Å². The van der Waals surface area contributed by atoms with Crippen molar-refractivity contribution in [1.82, 2.24) is 0 Å². The molecule has 0 aromatic heterocycles. The van der Waals surface area contributed by atoms with E-state index in [-0.39, 0.29) is 5.78 Å². The second-order valence-corrected chi connectivity index (χ2v) is 9.59. The van der Waals surface area contributed by atoms with E-state index >= 15 is 0 Å². The molecule has 31 heavy (non-hydrogen) atoms. The van der Waals surface area contributed by atoms with Gasteiger partial charge in [-0.15, -0.1) is 0 Å². The molecule has 3 aliphatic carbocycles. The molecule has 0 bridgehead atoms. The molecule has 0 fully saturated rings. The minimum absolute atomic E-state index is 0.0196. The van der Waals surface area contributed by atoms with Crippen molar-refractivity contribution in [3.8, 4) is 0 Å². The van der Waals surface area contributed by atoms with Crippen molar-refractivity contribution in [2.75, 3.05) is 13.2 Å². The molecule has 0 atom stereocenters. The number of carbonyl (C=O) groups excluding carboxylic acids is 1. The first kappa shape index (κ1) is 24.2. The lowest BCUT2D eigenvalue weighted by Gasteiger charge is -2.37. The number of ketones is 1. The highest BCUT2D eigenvalue weighted by atomic mass is 16.7. The van der Waals surface area contributed by atoms with Gasteiger partial charge in [0.2, 0.25) is 5.78 Å². The van der Waals surface area contributed by atoms with Gasteiger partial charge in [0.05, 0.1) is 13.2 Å². The van der Waals surface area contributed by atoms with Crippen molar-refractivity contribution in [3.05, 3.63) is 45.6 Å². The van der Waals surface area contributed by atoms with E-state index in [1.165, 1.54) is 60.8 Å². The number of ether oxygens (including phenoxy) is 2. The first-order valence-electron chi connectivity index (χ1n) is 12.7. The van der Waals surface area contributed by atoms with Crippen LogP contribution in [0.5, 0.6) is 0 Å². The first-order chi connectivity index (χ1) is 15.0. The molecule has 0 unspecified atom stereocenters. The quantitative estimate of drug-likeness (QED) is 0.213.